The van der Waals surface area contributed by atoms with Crippen LogP contribution in [0.25, 0.3) is 10.2 Å². The summed E-state index contributed by atoms with van der Waals surface area (Å²) in [6.07, 6.45) is 0. The number of ether oxygens (including phenoxy) is 1. The van der Waals surface area contributed by atoms with E-state index < -0.39 is 0 Å². The first-order chi connectivity index (χ1) is 11.5. The van der Waals surface area contributed by atoms with Gasteiger partial charge in [-0.2, -0.15) is 4.98 Å². The van der Waals surface area contributed by atoms with Gasteiger partial charge in [0.15, 0.2) is 5.82 Å². The van der Waals surface area contributed by atoms with Gasteiger partial charge in [0.2, 0.25) is 11.2 Å². The van der Waals surface area contributed by atoms with Crippen LogP contribution in [0.1, 0.15) is 4.88 Å². The van der Waals surface area contributed by atoms with E-state index in [1.807, 2.05) is 25.1 Å². The molecule has 0 bridgehead atoms. The summed E-state index contributed by atoms with van der Waals surface area (Å²) in [6, 6.07) is 1.97. The molecule has 2 aromatic heterocycles. The van der Waals surface area contributed by atoms with Crippen molar-refractivity contribution in [1.82, 2.24) is 20.2 Å². The number of amides is 1. The molecule has 1 aliphatic heterocycles. The van der Waals surface area contributed by atoms with Crippen LogP contribution in [-0.2, 0) is 16.1 Å². The molecule has 3 rings (SSSR count). The Labute approximate surface area is 149 Å². The lowest BCUT2D eigenvalue weighted by molar-refractivity contribution is -0.121. The summed E-state index contributed by atoms with van der Waals surface area (Å²) in [6.45, 7) is 3.79. The van der Waals surface area contributed by atoms with Crippen LogP contribution < -0.4 is 10.2 Å². The number of nitrogens with one attached hydrogen (secondary N) is 1. The minimum atomic E-state index is -0.00465. The molecule has 130 valence electrons. The second kappa shape index (κ2) is 7.60. The smallest absolute Gasteiger partial charge is 0.234 e. The maximum Gasteiger partial charge on any atom is 0.234 e. The minimum absolute atomic E-state index is 0.00465. The summed E-state index contributed by atoms with van der Waals surface area (Å²) in [4.78, 5) is 25.6. The van der Waals surface area contributed by atoms with E-state index in [9.17, 15) is 4.79 Å². The summed E-state index contributed by atoms with van der Waals surface area (Å²) in [5.74, 6) is 0.846. The van der Waals surface area contributed by atoms with Crippen LogP contribution in [0.15, 0.2) is 6.07 Å². The number of rotatable bonds is 5. The van der Waals surface area contributed by atoms with Crippen molar-refractivity contribution in [3.8, 4) is 0 Å². The Morgan fingerprint density at radius 3 is 2.88 bits per heavy atom. The number of likely N-dealkylation sites (N-methyl/N-ethyl adjacent to an activating group) is 1. The molecule has 0 unspecified atom stereocenters. The lowest BCUT2D eigenvalue weighted by atomic mass is 10.3. The van der Waals surface area contributed by atoms with Crippen LogP contribution >= 0.6 is 22.9 Å². The molecule has 0 spiro atoms. The molecular weight excluding hydrogens is 350 g/mol. The number of aromatic nitrogens is 2. The standard InChI is InChI=1S/C15H20ClN5O2S/c1-20(2)9-12(22)17-8-10-7-11-13(24-10)14(19-15(16)18-11)21-3-5-23-6-4-21/h7H,3-6,8-9H2,1-2H3,(H,17,22). The van der Waals surface area contributed by atoms with Gasteiger partial charge in [-0.1, -0.05) is 0 Å². The number of nitrogens with zero attached hydrogens (tertiary/aromatic N) is 4. The Morgan fingerprint density at radius 2 is 2.17 bits per heavy atom. The van der Waals surface area contributed by atoms with Crippen molar-refractivity contribution in [2.24, 2.45) is 0 Å². The third-order valence-electron chi connectivity index (χ3n) is 3.61. The quantitative estimate of drug-likeness (QED) is 0.802. The molecule has 1 saturated heterocycles. The first kappa shape index (κ1) is 17.3. The van der Waals surface area contributed by atoms with E-state index in [1.54, 1.807) is 11.3 Å². The highest BCUT2D eigenvalue weighted by molar-refractivity contribution is 7.19. The summed E-state index contributed by atoms with van der Waals surface area (Å²) in [5.41, 5.74) is 0.818. The fraction of sp³-hybridized carbons (Fsp3) is 0.533. The number of morpholine rings is 1. The molecule has 9 heteroatoms. The fourth-order valence-corrected chi connectivity index (χ4v) is 3.77. The van der Waals surface area contributed by atoms with Crippen molar-refractivity contribution in [2.75, 3.05) is 51.8 Å². The van der Waals surface area contributed by atoms with Gasteiger partial charge in [-0.25, -0.2) is 4.98 Å². The monoisotopic (exact) mass is 369 g/mol. The molecule has 1 aliphatic rings. The SMILES string of the molecule is CN(C)CC(=O)NCc1cc2nc(Cl)nc(N3CCOCC3)c2s1. The van der Waals surface area contributed by atoms with E-state index in [1.165, 1.54) is 0 Å². The van der Waals surface area contributed by atoms with Gasteiger partial charge in [-0.05, 0) is 31.8 Å². The molecule has 0 atom stereocenters. The molecule has 0 saturated carbocycles. The van der Waals surface area contributed by atoms with Crippen LogP contribution in [0.4, 0.5) is 5.82 Å². The first-order valence-electron chi connectivity index (χ1n) is 7.73. The predicted octanol–water partition coefficient (Wildman–Crippen LogP) is 1.36. The molecule has 2 aromatic rings. The molecule has 3 heterocycles. The van der Waals surface area contributed by atoms with Crippen molar-refractivity contribution >= 4 is 44.9 Å². The Kier molecular flexibility index (Phi) is 5.50. The van der Waals surface area contributed by atoms with E-state index in [2.05, 4.69) is 20.2 Å². The van der Waals surface area contributed by atoms with Crippen molar-refractivity contribution in [1.29, 1.82) is 0 Å². The molecule has 1 amide bonds. The average molecular weight is 370 g/mol. The van der Waals surface area contributed by atoms with Crippen LogP contribution in [0, 0.1) is 0 Å². The van der Waals surface area contributed by atoms with E-state index in [4.69, 9.17) is 16.3 Å². The lowest BCUT2D eigenvalue weighted by Crippen LogP contribution is -2.36. The number of hydrogen-bond donors (Lipinski definition) is 1. The van der Waals surface area contributed by atoms with Gasteiger partial charge in [0.05, 0.1) is 36.5 Å². The molecule has 0 radical (unpaired) electrons. The predicted molar refractivity (Wildman–Crippen MR) is 95.9 cm³/mol. The van der Waals surface area contributed by atoms with Gasteiger partial charge in [0, 0.05) is 18.0 Å². The summed E-state index contributed by atoms with van der Waals surface area (Å²) in [5, 5.41) is 3.16. The highest BCUT2D eigenvalue weighted by Gasteiger charge is 2.19. The van der Waals surface area contributed by atoms with Gasteiger partial charge in [0.25, 0.3) is 0 Å². The van der Waals surface area contributed by atoms with Crippen molar-refractivity contribution in [2.45, 2.75) is 6.54 Å². The Hall–Kier alpha value is -1.48. The van der Waals surface area contributed by atoms with Gasteiger partial charge in [0.1, 0.15) is 0 Å². The average Bonchev–Trinajstić information content (AvgIpc) is 2.95. The van der Waals surface area contributed by atoms with Gasteiger partial charge in [-0.3, -0.25) is 4.79 Å². The Morgan fingerprint density at radius 1 is 1.42 bits per heavy atom. The van der Waals surface area contributed by atoms with Gasteiger partial charge in [-0.15, -0.1) is 11.3 Å². The van der Waals surface area contributed by atoms with Crippen LogP contribution in [0.5, 0.6) is 0 Å². The third kappa shape index (κ3) is 4.13. The van der Waals surface area contributed by atoms with Crippen LogP contribution in [0.2, 0.25) is 5.28 Å². The number of carbonyl (C=O) groups excluding carboxylic acids is 1. The minimum Gasteiger partial charge on any atom is -0.378 e. The fourth-order valence-electron chi connectivity index (χ4n) is 2.54. The molecule has 1 fully saturated rings. The number of fused-ring (bicyclic) bond motifs is 1. The molecule has 0 aromatic carbocycles. The highest BCUT2D eigenvalue weighted by atomic mass is 35.5. The zero-order valence-corrected chi connectivity index (χ0v) is 15.3. The van der Waals surface area contributed by atoms with Crippen LogP contribution in [-0.4, -0.2) is 67.7 Å². The maximum absolute atomic E-state index is 11.8. The molecular formula is C15H20ClN5O2S. The largest absolute Gasteiger partial charge is 0.378 e. The second-order valence-electron chi connectivity index (χ2n) is 5.86. The summed E-state index contributed by atoms with van der Waals surface area (Å²) in [7, 11) is 3.73. The molecule has 0 aliphatic carbocycles. The second-order valence-corrected chi connectivity index (χ2v) is 7.33. The summed E-state index contributed by atoms with van der Waals surface area (Å²) >= 11 is 7.68. The molecule has 7 nitrogen and oxygen atoms in total. The van der Waals surface area contributed by atoms with Crippen LogP contribution in [0.3, 0.4) is 0 Å². The van der Waals surface area contributed by atoms with E-state index in [-0.39, 0.29) is 11.2 Å². The number of thiophene rings is 1. The molecule has 1 N–H and O–H groups in total. The van der Waals surface area contributed by atoms with Gasteiger partial charge < -0.3 is 19.9 Å². The number of hydrogen-bond acceptors (Lipinski definition) is 7. The van der Waals surface area contributed by atoms with Crippen molar-refractivity contribution < 1.29 is 9.53 Å². The topological polar surface area (TPSA) is 70.6 Å². The number of carbonyl (C=O) groups is 1. The zero-order valence-electron chi connectivity index (χ0n) is 13.7. The highest BCUT2D eigenvalue weighted by Crippen LogP contribution is 2.33. The normalized spacial score (nSPS) is 15.2. The Bertz CT molecular complexity index is 730. The molecule has 24 heavy (non-hydrogen) atoms. The van der Waals surface area contributed by atoms with Crippen molar-refractivity contribution in [3.05, 3.63) is 16.2 Å². The number of anilines is 1. The van der Waals surface area contributed by atoms with E-state index in [0.717, 1.165) is 34.0 Å². The third-order valence-corrected chi connectivity index (χ3v) is 4.90. The van der Waals surface area contributed by atoms with Gasteiger partial charge >= 0.3 is 0 Å². The van der Waals surface area contributed by atoms with Crippen molar-refractivity contribution in [3.63, 3.8) is 0 Å². The maximum atomic E-state index is 11.8. The lowest BCUT2D eigenvalue weighted by Gasteiger charge is -2.28. The summed E-state index contributed by atoms with van der Waals surface area (Å²) < 4.78 is 6.40. The number of halogens is 1. The van der Waals surface area contributed by atoms with E-state index >= 15 is 0 Å². The zero-order chi connectivity index (χ0) is 17.1. The van der Waals surface area contributed by atoms with E-state index in [0.29, 0.717) is 26.3 Å². The first-order valence-corrected chi connectivity index (χ1v) is 8.92. The Balaban J connectivity index is 1.80.